The van der Waals surface area contributed by atoms with E-state index in [-0.39, 0.29) is 0 Å². The Hall–Kier alpha value is -0.830. The van der Waals surface area contributed by atoms with E-state index in [0.717, 1.165) is 43.8 Å². The molecule has 2 fully saturated rings. The molecule has 1 saturated heterocycles. The van der Waals surface area contributed by atoms with Crippen LogP contribution in [0.2, 0.25) is 0 Å². The summed E-state index contributed by atoms with van der Waals surface area (Å²) in [4.78, 5) is 13.6. The van der Waals surface area contributed by atoms with Crippen molar-refractivity contribution < 1.29 is 9.90 Å². The first kappa shape index (κ1) is 11.3. The number of allylic oxidation sites excluding steroid dienone is 2. The highest BCUT2D eigenvalue weighted by atomic mass is 16.4. The van der Waals surface area contributed by atoms with Gasteiger partial charge in [-0.2, -0.15) is 0 Å². The van der Waals surface area contributed by atoms with Crippen molar-refractivity contribution in [3.63, 3.8) is 0 Å². The minimum absolute atomic E-state index is 0.506. The monoisotopic (exact) mass is 235 g/mol. The van der Waals surface area contributed by atoms with Crippen LogP contribution in [0.5, 0.6) is 0 Å². The average molecular weight is 235 g/mol. The van der Waals surface area contributed by atoms with Crippen LogP contribution in [-0.2, 0) is 4.79 Å². The van der Waals surface area contributed by atoms with Crippen LogP contribution in [0.15, 0.2) is 12.2 Å². The summed E-state index contributed by atoms with van der Waals surface area (Å²) in [6.45, 7) is 4.69. The van der Waals surface area contributed by atoms with Crippen molar-refractivity contribution in [2.24, 2.45) is 23.2 Å². The fourth-order valence-corrected chi connectivity index (χ4v) is 3.82. The van der Waals surface area contributed by atoms with E-state index in [1.54, 1.807) is 0 Å². The lowest BCUT2D eigenvalue weighted by molar-refractivity contribution is -0.147. The predicted molar refractivity (Wildman–Crippen MR) is 65.6 cm³/mol. The minimum Gasteiger partial charge on any atom is -0.481 e. The van der Waals surface area contributed by atoms with Crippen molar-refractivity contribution in [3.8, 4) is 0 Å². The van der Waals surface area contributed by atoms with Gasteiger partial charge < -0.3 is 10.0 Å². The SMILES string of the molecule is CC1(C(=O)O)CCN(CC2CC3C=CC2C3)C1. The van der Waals surface area contributed by atoms with Gasteiger partial charge in [0.2, 0.25) is 0 Å². The molecular weight excluding hydrogens is 214 g/mol. The summed E-state index contributed by atoms with van der Waals surface area (Å²) in [6.07, 6.45) is 8.22. The molecule has 0 spiro atoms. The zero-order valence-corrected chi connectivity index (χ0v) is 10.4. The number of hydrogen-bond acceptors (Lipinski definition) is 2. The van der Waals surface area contributed by atoms with Crippen LogP contribution in [-0.4, -0.2) is 35.6 Å². The molecule has 0 aromatic heterocycles. The van der Waals surface area contributed by atoms with Gasteiger partial charge in [-0.1, -0.05) is 12.2 Å². The number of nitrogens with zero attached hydrogens (tertiary/aromatic N) is 1. The Morgan fingerprint density at radius 2 is 2.29 bits per heavy atom. The maximum Gasteiger partial charge on any atom is 0.310 e. The van der Waals surface area contributed by atoms with Gasteiger partial charge in [-0.25, -0.2) is 0 Å². The fourth-order valence-electron chi connectivity index (χ4n) is 3.82. The summed E-state index contributed by atoms with van der Waals surface area (Å²) in [7, 11) is 0. The molecule has 3 nitrogen and oxygen atoms in total. The molecule has 3 heteroatoms. The van der Waals surface area contributed by atoms with Crippen LogP contribution in [0, 0.1) is 23.2 Å². The Balaban J connectivity index is 1.58. The molecule has 17 heavy (non-hydrogen) atoms. The lowest BCUT2D eigenvalue weighted by Crippen LogP contribution is -2.34. The summed E-state index contributed by atoms with van der Waals surface area (Å²) < 4.78 is 0. The predicted octanol–water partition coefficient (Wildman–Crippen LogP) is 2.00. The minimum atomic E-state index is -0.632. The Morgan fingerprint density at radius 3 is 2.82 bits per heavy atom. The molecule has 0 aromatic rings. The van der Waals surface area contributed by atoms with Gasteiger partial charge in [0.1, 0.15) is 0 Å². The summed E-state index contributed by atoms with van der Waals surface area (Å²) in [5.74, 6) is 1.74. The van der Waals surface area contributed by atoms with Crippen molar-refractivity contribution in [2.45, 2.75) is 26.2 Å². The van der Waals surface area contributed by atoms with Crippen LogP contribution >= 0.6 is 0 Å². The molecule has 0 amide bonds. The first-order chi connectivity index (χ1) is 8.07. The molecule has 4 unspecified atom stereocenters. The zero-order chi connectivity index (χ0) is 12.0. The average Bonchev–Trinajstić information content (AvgIpc) is 2.94. The normalized spacial score (nSPS) is 44.6. The number of rotatable bonds is 3. The van der Waals surface area contributed by atoms with Gasteiger partial charge in [0.05, 0.1) is 5.41 Å². The third kappa shape index (κ3) is 1.90. The van der Waals surface area contributed by atoms with E-state index in [2.05, 4.69) is 17.1 Å². The quantitative estimate of drug-likeness (QED) is 0.761. The molecule has 0 radical (unpaired) electrons. The summed E-state index contributed by atoms with van der Waals surface area (Å²) in [6, 6.07) is 0. The summed E-state index contributed by atoms with van der Waals surface area (Å²) in [5.41, 5.74) is -0.506. The maximum absolute atomic E-state index is 11.2. The maximum atomic E-state index is 11.2. The van der Waals surface area contributed by atoms with Crippen molar-refractivity contribution in [1.82, 2.24) is 4.90 Å². The Kier molecular flexibility index (Phi) is 2.54. The van der Waals surface area contributed by atoms with Crippen LogP contribution in [0.4, 0.5) is 0 Å². The third-order valence-electron chi connectivity index (χ3n) is 4.98. The molecule has 3 aliphatic rings. The van der Waals surface area contributed by atoms with Crippen LogP contribution < -0.4 is 0 Å². The molecule has 2 aliphatic carbocycles. The van der Waals surface area contributed by atoms with Gasteiger partial charge in [-0.15, -0.1) is 0 Å². The topological polar surface area (TPSA) is 40.5 Å². The first-order valence-electron chi connectivity index (χ1n) is 6.71. The molecule has 94 valence electrons. The van der Waals surface area contributed by atoms with Crippen molar-refractivity contribution in [1.29, 1.82) is 0 Å². The highest BCUT2D eigenvalue weighted by molar-refractivity contribution is 5.74. The van der Waals surface area contributed by atoms with Crippen LogP contribution in [0.1, 0.15) is 26.2 Å². The first-order valence-corrected chi connectivity index (χ1v) is 6.71. The molecule has 1 aliphatic heterocycles. The second-order valence-corrected chi connectivity index (χ2v) is 6.39. The van der Waals surface area contributed by atoms with E-state index < -0.39 is 11.4 Å². The molecular formula is C14H21NO2. The fraction of sp³-hybridized carbons (Fsp3) is 0.786. The van der Waals surface area contributed by atoms with E-state index in [1.165, 1.54) is 12.8 Å². The molecule has 2 bridgehead atoms. The van der Waals surface area contributed by atoms with Gasteiger partial charge in [0.15, 0.2) is 0 Å². The van der Waals surface area contributed by atoms with E-state index in [1.807, 2.05) is 6.92 Å². The number of carboxylic acid groups (broad SMARTS) is 1. The molecule has 3 rings (SSSR count). The van der Waals surface area contributed by atoms with Crippen LogP contribution in [0.3, 0.4) is 0 Å². The second kappa shape index (κ2) is 3.84. The Bertz CT molecular complexity index is 365. The van der Waals surface area contributed by atoms with Crippen molar-refractivity contribution in [3.05, 3.63) is 12.2 Å². The number of hydrogen-bond donors (Lipinski definition) is 1. The number of likely N-dealkylation sites (tertiary alicyclic amines) is 1. The van der Waals surface area contributed by atoms with Gasteiger partial charge in [-0.3, -0.25) is 4.79 Å². The summed E-state index contributed by atoms with van der Waals surface area (Å²) >= 11 is 0. The van der Waals surface area contributed by atoms with Crippen LogP contribution in [0.25, 0.3) is 0 Å². The molecule has 1 heterocycles. The Labute approximate surface area is 102 Å². The van der Waals surface area contributed by atoms with Gasteiger partial charge in [0.25, 0.3) is 0 Å². The smallest absolute Gasteiger partial charge is 0.310 e. The number of carbonyl (C=O) groups is 1. The highest BCUT2D eigenvalue weighted by Gasteiger charge is 2.43. The van der Waals surface area contributed by atoms with Gasteiger partial charge in [-0.05, 0) is 50.5 Å². The molecule has 1 saturated carbocycles. The molecule has 4 atom stereocenters. The zero-order valence-electron chi connectivity index (χ0n) is 10.4. The Morgan fingerprint density at radius 1 is 1.47 bits per heavy atom. The lowest BCUT2D eigenvalue weighted by Gasteiger charge is -2.26. The number of carboxylic acids is 1. The van der Waals surface area contributed by atoms with E-state index in [9.17, 15) is 9.90 Å². The standard InChI is InChI=1S/C14H21NO2/c1-14(13(16)17)4-5-15(9-14)8-12-7-10-2-3-11(12)6-10/h2-3,10-12H,4-9H2,1H3,(H,16,17). The van der Waals surface area contributed by atoms with E-state index in [4.69, 9.17) is 0 Å². The lowest BCUT2D eigenvalue weighted by atomic mass is 9.90. The van der Waals surface area contributed by atoms with Crippen molar-refractivity contribution in [2.75, 3.05) is 19.6 Å². The van der Waals surface area contributed by atoms with E-state index in [0.29, 0.717) is 0 Å². The van der Waals surface area contributed by atoms with Gasteiger partial charge in [0, 0.05) is 13.1 Å². The second-order valence-electron chi connectivity index (χ2n) is 6.39. The summed E-state index contributed by atoms with van der Waals surface area (Å²) in [5, 5.41) is 9.22. The molecule has 1 N–H and O–H groups in total. The third-order valence-corrected chi connectivity index (χ3v) is 4.98. The van der Waals surface area contributed by atoms with Gasteiger partial charge >= 0.3 is 5.97 Å². The van der Waals surface area contributed by atoms with E-state index >= 15 is 0 Å². The number of aliphatic carboxylic acids is 1. The largest absolute Gasteiger partial charge is 0.481 e. The molecule has 0 aromatic carbocycles. The highest BCUT2D eigenvalue weighted by Crippen LogP contribution is 2.44. The van der Waals surface area contributed by atoms with Crippen molar-refractivity contribution >= 4 is 5.97 Å². The number of fused-ring (bicyclic) bond motifs is 2.